The molecule has 0 aliphatic rings. The van der Waals surface area contributed by atoms with Gasteiger partial charge >= 0.3 is 0 Å². The van der Waals surface area contributed by atoms with E-state index in [1.165, 1.54) is 4.68 Å². The average Bonchev–Trinajstić information content (AvgIpc) is 3.27. The molecule has 0 spiro atoms. The lowest BCUT2D eigenvalue weighted by atomic mass is 10.2. The van der Waals surface area contributed by atoms with E-state index in [1.807, 2.05) is 47.0 Å². The lowest BCUT2D eigenvalue weighted by Crippen LogP contribution is -2.18. The smallest absolute Gasteiger partial charge is 0.294 e. The van der Waals surface area contributed by atoms with Crippen LogP contribution in [0.5, 0.6) is 0 Å². The number of rotatable bonds is 6. The van der Waals surface area contributed by atoms with Crippen LogP contribution in [0.3, 0.4) is 0 Å². The Bertz CT molecular complexity index is 1300. The molecule has 0 radical (unpaired) electrons. The van der Waals surface area contributed by atoms with Gasteiger partial charge in [-0.05, 0) is 55.5 Å². The van der Waals surface area contributed by atoms with E-state index in [1.54, 1.807) is 19.1 Å². The number of nitrogens with zero attached hydrogens (tertiary/aromatic N) is 5. The molecule has 30 heavy (non-hydrogen) atoms. The third-order valence-corrected chi connectivity index (χ3v) is 4.78. The summed E-state index contributed by atoms with van der Waals surface area (Å²) in [6.45, 7) is 1.78. The third-order valence-electron chi connectivity index (χ3n) is 4.51. The van der Waals surface area contributed by atoms with Gasteiger partial charge in [0.25, 0.3) is 5.56 Å². The fourth-order valence-electron chi connectivity index (χ4n) is 3.06. The summed E-state index contributed by atoms with van der Waals surface area (Å²) >= 11 is 5.38. The van der Waals surface area contributed by atoms with E-state index in [9.17, 15) is 4.79 Å². The van der Waals surface area contributed by atoms with Crippen molar-refractivity contribution < 1.29 is 5.11 Å². The zero-order valence-electron chi connectivity index (χ0n) is 16.1. The molecule has 2 aromatic heterocycles. The molecule has 0 bridgehead atoms. The normalized spacial score (nSPS) is 11.4. The number of hydrogen-bond acceptors (Lipinski definition) is 6. The second-order valence-electron chi connectivity index (χ2n) is 6.54. The fourth-order valence-corrected chi connectivity index (χ4v) is 3.30. The van der Waals surface area contributed by atoms with Gasteiger partial charge in [-0.1, -0.05) is 18.2 Å². The molecule has 4 aromatic rings. The van der Waals surface area contributed by atoms with Crippen molar-refractivity contribution in [2.75, 3.05) is 6.61 Å². The van der Waals surface area contributed by atoms with Crippen molar-refractivity contribution in [3.8, 4) is 17.1 Å². The highest BCUT2D eigenvalue weighted by atomic mass is 32.1. The lowest BCUT2D eigenvalue weighted by molar-refractivity contribution is 0.267. The van der Waals surface area contributed by atoms with E-state index in [4.69, 9.17) is 17.3 Å². The van der Waals surface area contributed by atoms with Crippen LogP contribution in [0.15, 0.2) is 69.6 Å². The maximum atomic E-state index is 12.3. The maximum Gasteiger partial charge on any atom is 0.294 e. The number of aromatic amines is 2. The molecule has 0 amide bonds. The van der Waals surface area contributed by atoms with Gasteiger partial charge in [-0.2, -0.15) is 10.2 Å². The summed E-state index contributed by atoms with van der Waals surface area (Å²) in [6, 6.07) is 17.1. The second kappa shape index (κ2) is 8.39. The van der Waals surface area contributed by atoms with Crippen molar-refractivity contribution in [3.63, 3.8) is 0 Å². The summed E-state index contributed by atoms with van der Waals surface area (Å²) in [6.07, 6.45) is 0. The second-order valence-corrected chi connectivity index (χ2v) is 6.92. The molecule has 0 atom stereocenters. The van der Waals surface area contributed by atoms with Gasteiger partial charge in [0.1, 0.15) is 0 Å². The number of aliphatic hydroxyl groups excluding tert-OH is 1. The van der Waals surface area contributed by atoms with Gasteiger partial charge in [-0.15, -0.1) is 5.11 Å². The molecule has 0 unspecified atom stereocenters. The molecule has 152 valence electrons. The number of hydrogen-bond donors (Lipinski definition) is 3. The van der Waals surface area contributed by atoms with Crippen LogP contribution in [-0.2, 0) is 6.54 Å². The molecule has 9 nitrogen and oxygen atoms in total. The molecule has 0 aliphatic carbocycles. The largest absolute Gasteiger partial charge is 0.394 e. The van der Waals surface area contributed by atoms with Gasteiger partial charge in [0, 0.05) is 11.3 Å². The average molecular weight is 421 g/mol. The Morgan fingerprint density at radius 1 is 1.10 bits per heavy atom. The summed E-state index contributed by atoms with van der Waals surface area (Å²) in [5.41, 5.74) is 2.85. The number of nitrogens with one attached hydrogen (secondary N) is 2. The Kier molecular flexibility index (Phi) is 5.50. The molecule has 2 aromatic carbocycles. The number of aryl methyl sites for hydroxylation is 1. The molecule has 3 N–H and O–H groups in total. The van der Waals surface area contributed by atoms with Gasteiger partial charge < -0.3 is 5.11 Å². The Morgan fingerprint density at radius 3 is 2.53 bits per heavy atom. The molecular formula is C20H19N7O2S. The Labute approximate surface area is 176 Å². The van der Waals surface area contributed by atoms with Gasteiger partial charge in [-0.25, -0.2) is 4.68 Å². The lowest BCUT2D eigenvalue weighted by Gasteiger charge is -2.06. The number of azo groups is 1. The third kappa shape index (κ3) is 3.78. The van der Waals surface area contributed by atoms with Crippen molar-refractivity contribution in [2.45, 2.75) is 13.5 Å². The monoisotopic (exact) mass is 421 g/mol. The van der Waals surface area contributed by atoms with E-state index in [-0.39, 0.29) is 24.4 Å². The Hall–Kier alpha value is -3.63. The zero-order valence-corrected chi connectivity index (χ0v) is 16.9. The van der Waals surface area contributed by atoms with Crippen LogP contribution >= 0.6 is 12.2 Å². The minimum atomic E-state index is -0.319. The van der Waals surface area contributed by atoms with E-state index < -0.39 is 0 Å². The fraction of sp³-hybridized carbons (Fsp3) is 0.150. The number of benzene rings is 2. The first kappa shape index (κ1) is 19.7. The minimum absolute atomic E-state index is 0.139. The number of aliphatic hydroxyl groups is 1. The quantitative estimate of drug-likeness (QED) is 0.324. The first-order chi connectivity index (χ1) is 14.6. The highest BCUT2D eigenvalue weighted by molar-refractivity contribution is 7.71. The molecule has 0 saturated carbocycles. The van der Waals surface area contributed by atoms with Crippen LogP contribution < -0.4 is 5.56 Å². The predicted molar refractivity (Wildman–Crippen MR) is 115 cm³/mol. The summed E-state index contributed by atoms with van der Waals surface area (Å²) in [7, 11) is 0. The molecule has 10 heteroatoms. The Balaban J connectivity index is 1.62. The summed E-state index contributed by atoms with van der Waals surface area (Å²) < 4.78 is 3.67. The number of H-pyrrole nitrogens is 2. The number of aromatic nitrogens is 5. The van der Waals surface area contributed by atoms with E-state index in [2.05, 4.69) is 25.5 Å². The molecule has 2 heterocycles. The van der Waals surface area contributed by atoms with Crippen LogP contribution in [0.4, 0.5) is 11.4 Å². The van der Waals surface area contributed by atoms with E-state index in [0.29, 0.717) is 22.0 Å². The van der Waals surface area contributed by atoms with Crippen LogP contribution in [-0.4, -0.2) is 36.3 Å². The summed E-state index contributed by atoms with van der Waals surface area (Å²) in [4.78, 5) is 12.3. The molecular weight excluding hydrogens is 402 g/mol. The van der Waals surface area contributed by atoms with Gasteiger partial charge in [0.2, 0.25) is 0 Å². The van der Waals surface area contributed by atoms with Gasteiger partial charge in [0.05, 0.1) is 24.5 Å². The van der Waals surface area contributed by atoms with Crippen molar-refractivity contribution in [1.82, 2.24) is 24.5 Å². The Morgan fingerprint density at radius 2 is 1.83 bits per heavy atom. The predicted octanol–water partition coefficient (Wildman–Crippen LogP) is 3.80. The highest BCUT2D eigenvalue weighted by Crippen LogP contribution is 2.25. The summed E-state index contributed by atoms with van der Waals surface area (Å²) in [5, 5.41) is 27.3. The van der Waals surface area contributed by atoms with Crippen LogP contribution in [0.25, 0.3) is 17.1 Å². The first-order valence-corrected chi connectivity index (χ1v) is 9.64. The molecule has 0 saturated heterocycles. The van der Waals surface area contributed by atoms with Gasteiger partial charge in [0.15, 0.2) is 16.3 Å². The van der Waals surface area contributed by atoms with Crippen molar-refractivity contribution in [1.29, 1.82) is 0 Å². The van der Waals surface area contributed by atoms with Crippen molar-refractivity contribution in [3.05, 3.63) is 75.4 Å². The van der Waals surface area contributed by atoms with E-state index in [0.717, 1.165) is 11.3 Å². The molecule has 0 fully saturated rings. The van der Waals surface area contributed by atoms with Crippen LogP contribution in [0.1, 0.15) is 5.69 Å². The molecule has 0 aliphatic heterocycles. The topological polar surface area (TPSA) is 116 Å². The maximum absolute atomic E-state index is 12.3. The van der Waals surface area contributed by atoms with E-state index >= 15 is 0 Å². The highest BCUT2D eigenvalue weighted by Gasteiger charge is 2.12. The first-order valence-electron chi connectivity index (χ1n) is 9.24. The van der Waals surface area contributed by atoms with Crippen LogP contribution in [0, 0.1) is 11.7 Å². The van der Waals surface area contributed by atoms with Gasteiger partial charge in [-0.3, -0.25) is 19.6 Å². The molecule has 4 rings (SSSR count). The van der Waals surface area contributed by atoms with Crippen molar-refractivity contribution in [2.24, 2.45) is 10.2 Å². The minimum Gasteiger partial charge on any atom is -0.394 e. The van der Waals surface area contributed by atoms with Crippen LogP contribution in [0.2, 0.25) is 0 Å². The SMILES string of the molecule is Cc1[nH]n(CCO)c(=O)c1N=Nc1ccc(-c2n[nH]c(=S)n2-c2ccccc2)cc1. The standard InChI is InChI=1S/C20H19N7O2S/c1-13-17(19(29)26(25-13)11-12-28)22-21-15-9-7-14(8-10-15)18-23-24-20(30)27(18)16-5-3-2-4-6-16/h2-10,25,28H,11-12H2,1H3,(H,24,30). The van der Waals surface area contributed by atoms with Crippen molar-refractivity contribution >= 4 is 23.6 Å². The number of para-hydroxylation sites is 1. The summed E-state index contributed by atoms with van der Waals surface area (Å²) in [5.74, 6) is 0.683. The zero-order chi connectivity index (χ0) is 21.1.